The second-order valence-electron chi connectivity index (χ2n) is 11.9. The number of phenols is 2. The summed E-state index contributed by atoms with van der Waals surface area (Å²) in [7, 11) is 0. The largest absolute Gasteiger partial charge is 0.507 e. The minimum atomic E-state index is -0.310. The molecule has 4 aliphatic rings. The minimum Gasteiger partial charge on any atom is -0.507 e. The van der Waals surface area contributed by atoms with Crippen molar-refractivity contribution in [1.82, 2.24) is 0 Å². The molecular formula is C35H34O10. The summed E-state index contributed by atoms with van der Waals surface area (Å²) >= 11 is 0. The van der Waals surface area contributed by atoms with Crippen LogP contribution in [0.3, 0.4) is 0 Å². The summed E-state index contributed by atoms with van der Waals surface area (Å²) in [4.78, 5) is 11.9. The van der Waals surface area contributed by atoms with Gasteiger partial charge in [0, 0.05) is 29.5 Å². The molecule has 0 spiro atoms. The Balaban J connectivity index is 0.000000153. The summed E-state index contributed by atoms with van der Waals surface area (Å²) in [5.74, 6) is 3.98. The Labute approximate surface area is 259 Å². The fourth-order valence-electron chi connectivity index (χ4n) is 6.37. The van der Waals surface area contributed by atoms with E-state index < -0.39 is 0 Å². The first kappa shape index (κ1) is 29.1. The number of aromatic hydroxyl groups is 2. The molecule has 3 aromatic carbocycles. The van der Waals surface area contributed by atoms with E-state index in [4.69, 9.17) is 32.8 Å². The number of allylic oxidation sites excluding steroid dienone is 2. The van der Waals surface area contributed by atoms with Crippen LogP contribution in [0.2, 0.25) is 0 Å². The van der Waals surface area contributed by atoms with Crippen LogP contribution in [-0.2, 0) is 15.9 Å². The molecule has 0 aliphatic carbocycles. The highest BCUT2D eigenvalue weighted by Gasteiger charge is 2.48. The van der Waals surface area contributed by atoms with Crippen LogP contribution in [0.5, 0.6) is 34.5 Å². The van der Waals surface area contributed by atoms with Gasteiger partial charge in [-0.2, -0.15) is 0 Å². The Morgan fingerprint density at radius 1 is 0.800 bits per heavy atom. The molecule has 2 fully saturated rings. The SMILES string of the molecule is CC(C)=CCc1c(O)cc2oc(C)cc(=O)c2c1O.c1cc2c(cc1C1OCC3C(c4ccc5c(c4)OCO5)OCC13)OCO2. The number of hydrogen-bond donors (Lipinski definition) is 2. The Kier molecular flexibility index (Phi) is 7.55. The third kappa shape index (κ3) is 5.44. The normalized spacial score (nSPS) is 22.2. The van der Waals surface area contributed by atoms with Crippen molar-refractivity contribution in [3.05, 3.63) is 92.9 Å². The second kappa shape index (κ2) is 11.7. The van der Waals surface area contributed by atoms with Crippen molar-refractivity contribution in [2.75, 3.05) is 26.8 Å². The van der Waals surface area contributed by atoms with Crippen LogP contribution in [0, 0.1) is 18.8 Å². The zero-order chi connectivity index (χ0) is 31.2. The number of fused-ring (bicyclic) bond motifs is 4. The highest BCUT2D eigenvalue weighted by molar-refractivity contribution is 5.86. The maximum Gasteiger partial charge on any atom is 0.231 e. The van der Waals surface area contributed by atoms with Crippen LogP contribution in [0.15, 0.2) is 69.4 Å². The van der Waals surface area contributed by atoms with Crippen molar-refractivity contribution in [3.8, 4) is 34.5 Å². The molecule has 1 aromatic heterocycles. The molecule has 4 aliphatic heterocycles. The van der Waals surface area contributed by atoms with Gasteiger partial charge >= 0.3 is 0 Å². The van der Waals surface area contributed by atoms with Gasteiger partial charge in [0.05, 0.1) is 25.4 Å². The number of aryl methyl sites for hydroxylation is 1. The lowest BCUT2D eigenvalue weighted by atomic mass is 9.85. The van der Waals surface area contributed by atoms with Gasteiger partial charge in [-0.25, -0.2) is 0 Å². The smallest absolute Gasteiger partial charge is 0.231 e. The maximum atomic E-state index is 11.9. The van der Waals surface area contributed by atoms with Gasteiger partial charge in [0.25, 0.3) is 0 Å². The zero-order valence-electron chi connectivity index (χ0n) is 25.2. The molecule has 2 N–H and O–H groups in total. The molecular weight excluding hydrogens is 580 g/mol. The van der Waals surface area contributed by atoms with E-state index in [2.05, 4.69) is 12.1 Å². The van der Waals surface area contributed by atoms with Crippen LogP contribution in [0.1, 0.15) is 48.5 Å². The van der Waals surface area contributed by atoms with Crippen molar-refractivity contribution in [3.63, 3.8) is 0 Å². The van der Waals surface area contributed by atoms with Gasteiger partial charge in [-0.3, -0.25) is 4.79 Å². The molecule has 0 saturated carbocycles. The first-order chi connectivity index (χ1) is 21.8. The Hall–Kier alpha value is -4.67. The van der Waals surface area contributed by atoms with Crippen molar-refractivity contribution < 1.29 is 43.1 Å². The minimum absolute atomic E-state index is 0.0218. The van der Waals surface area contributed by atoms with E-state index in [-0.39, 0.29) is 53.7 Å². The van der Waals surface area contributed by atoms with Gasteiger partial charge in [0.15, 0.2) is 28.4 Å². The van der Waals surface area contributed by atoms with Gasteiger partial charge in [0.1, 0.15) is 28.2 Å². The van der Waals surface area contributed by atoms with Gasteiger partial charge in [-0.1, -0.05) is 23.8 Å². The van der Waals surface area contributed by atoms with Crippen molar-refractivity contribution >= 4 is 11.0 Å². The Bertz CT molecular complexity index is 1780. The third-order valence-corrected chi connectivity index (χ3v) is 8.63. The lowest BCUT2D eigenvalue weighted by molar-refractivity contribution is 0.0192. The molecule has 4 aromatic rings. The zero-order valence-corrected chi connectivity index (χ0v) is 25.2. The Morgan fingerprint density at radius 3 is 1.91 bits per heavy atom. The monoisotopic (exact) mass is 614 g/mol. The lowest BCUT2D eigenvalue weighted by Gasteiger charge is -2.17. The number of benzene rings is 3. The van der Waals surface area contributed by atoms with Gasteiger partial charge < -0.3 is 43.1 Å². The summed E-state index contributed by atoms with van der Waals surface area (Å²) in [5.41, 5.74) is 3.53. The fraction of sp³-hybridized carbons (Fsp3) is 0.343. The molecule has 5 heterocycles. The van der Waals surface area contributed by atoms with Gasteiger partial charge in [-0.15, -0.1) is 0 Å². The van der Waals surface area contributed by atoms with Crippen molar-refractivity contribution in [2.24, 2.45) is 11.8 Å². The van der Waals surface area contributed by atoms with E-state index in [1.165, 1.54) is 12.1 Å². The molecule has 0 radical (unpaired) electrons. The summed E-state index contributed by atoms with van der Waals surface area (Å²) in [6.07, 6.45) is 2.28. The predicted molar refractivity (Wildman–Crippen MR) is 163 cm³/mol. The first-order valence-electron chi connectivity index (χ1n) is 14.9. The van der Waals surface area contributed by atoms with Crippen LogP contribution in [-0.4, -0.2) is 37.0 Å². The average molecular weight is 615 g/mol. The lowest BCUT2D eigenvalue weighted by Crippen LogP contribution is -2.14. The molecule has 4 unspecified atom stereocenters. The molecule has 10 heteroatoms. The number of phenolic OH excluding ortho intramolecular Hbond substituents is 2. The van der Waals surface area contributed by atoms with E-state index >= 15 is 0 Å². The standard InChI is InChI=1S/C20H18O6.C15H16O4/c1-3-15-17(25-9-23-15)5-11(1)19-13-7-22-20(14(13)8-21-19)12-2-4-16-18(6-12)26-10-24-16;1-8(2)4-5-10-11(16)7-13-14(15(10)18)12(17)6-9(3)19-13/h1-6,13-14,19-20H,7-10H2;4,6-7,16,18H,5H2,1-3H3. The maximum absolute atomic E-state index is 11.9. The van der Waals surface area contributed by atoms with Crippen molar-refractivity contribution in [1.29, 1.82) is 0 Å². The molecule has 234 valence electrons. The topological polar surface area (TPSA) is 126 Å². The Morgan fingerprint density at radius 2 is 1.36 bits per heavy atom. The molecule has 0 bridgehead atoms. The summed E-state index contributed by atoms with van der Waals surface area (Å²) in [6.45, 7) is 7.43. The van der Waals surface area contributed by atoms with E-state index in [1.54, 1.807) is 6.92 Å². The molecule has 0 amide bonds. The van der Waals surface area contributed by atoms with Crippen LogP contribution in [0.4, 0.5) is 0 Å². The number of ether oxygens (including phenoxy) is 6. The molecule has 2 saturated heterocycles. The molecule has 8 rings (SSSR count). The van der Waals surface area contributed by atoms with E-state index in [0.29, 0.717) is 42.8 Å². The van der Waals surface area contributed by atoms with E-state index in [9.17, 15) is 15.0 Å². The molecule has 4 atom stereocenters. The number of rotatable bonds is 4. The van der Waals surface area contributed by atoms with Crippen molar-refractivity contribution in [2.45, 2.75) is 39.4 Å². The second-order valence-corrected chi connectivity index (χ2v) is 11.9. The first-order valence-corrected chi connectivity index (χ1v) is 14.9. The molecule has 45 heavy (non-hydrogen) atoms. The average Bonchev–Trinajstić information content (AvgIpc) is 3.80. The van der Waals surface area contributed by atoms with E-state index in [0.717, 1.165) is 39.7 Å². The third-order valence-electron chi connectivity index (χ3n) is 8.63. The highest BCUT2D eigenvalue weighted by atomic mass is 16.7. The van der Waals surface area contributed by atoms with Crippen LogP contribution in [0.25, 0.3) is 11.0 Å². The highest BCUT2D eigenvalue weighted by Crippen LogP contribution is 2.52. The number of hydrogen-bond acceptors (Lipinski definition) is 10. The summed E-state index contributed by atoms with van der Waals surface area (Å²) in [6, 6.07) is 14.8. The van der Waals surface area contributed by atoms with Crippen LogP contribution < -0.4 is 24.4 Å². The van der Waals surface area contributed by atoms with Gasteiger partial charge in [0.2, 0.25) is 13.6 Å². The summed E-state index contributed by atoms with van der Waals surface area (Å²) < 4.78 is 39.5. The van der Waals surface area contributed by atoms with E-state index in [1.807, 2.05) is 44.2 Å². The molecule has 10 nitrogen and oxygen atoms in total. The van der Waals surface area contributed by atoms with Gasteiger partial charge in [-0.05, 0) is 62.6 Å². The fourth-order valence-corrected chi connectivity index (χ4v) is 6.37. The summed E-state index contributed by atoms with van der Waals surface area (Å²) in [5, 5.41) is 20.2. The predicted octanol–water partition coefficient (Wildman–Crippen LogP) is 6.24. The quantitative estimate of drug-likeness (QED) is 0.255. The van der Waals surface area contributed by atoms with Crippen LogP contribution >= 0.6 is 0 Å².